The molecule has 1 amide bonds. The van der Waals surface area contributed by atoms with Crippen LogP contribution >= 0.6 is 0 Å². The van der Waals surface area contributed by atoms with Gasteiger partial charge in [0.1, 0.15) is 42.4 Å². The molecule has 2 aromatic carbocycles. The third-order valence-corrected chi connectivity index (χ3v) is 6.54. The number of nitrogens with one attached hydrogen (secondary N) is 1. The first-order valence-corrected chi connectivity index (χ1v) is 12.0. The van der Waals surface area contributed by atoms with Crippen molar-refractivity contribution in [1.29, 1.82) is 5.26 Å². The van der Waals surface area contributed by atoms with Gasteiger partial charge in [0.05, 0.1) is 16.8 Å². The van der Waals surface area contributed by atoms with E-state index in [2.05, 4.69) is 23.0 Å². The number of aromatic nitrogens is 2. The van der Waals surface area contributed by atoms with Crippen molar-refractivity contribution in [2.45, 2.75) is 25.5 Å². The molecule has 5 rings (SSSR count). The second kappa shape index (κ2) is 10.1. The first-order valence-electron chi connectivity index (χ1n) is 12.0. The lowest BCUT2D eigenvalue weighted by atomic mass is 10.1. The Morgan fingerprint density at radius 2 is 2.22 bits per heavy atom. The van der Waals surface area contributed by atoms with Crippen molar-refractivity contribution in [1.82, 2.24) is 20.0 Å². The van der Waals surface area contributed by atoms with Crippen LogP contribution in [-0.4, -0.2) is 40.3 Å². The molecule has 9 nitrogen and oxygen atoms in total. The van der Waals surface area contributed by atoms with Gasteiger partial charge in [-0.1, -0.05) is 18.7 Å². The summed E-state index contributed by atoms with van der Waals surface area (Å²) in [6.45, 7) is 5.22. The molecule has 0 radical (unpaired) electrons. The summed E-state index contributed by atoms with van der Waals surface area (Å²) in [5, 5.41) is 18.4. The van der Waals surface area contributed by atoms with E-state index in [9.17, 15) is 14.4 Å². The van der Waals surface area contributed by atoms with Crippen LogP contribution in [0.5, 0.6) is 5.75 Å². The standard InChI is InChI=1S/C27H26FN7O2/c1-2-23(36)34-10-4-7-21(14-34)35-27-24(26(30)31-16-32-27)25(33-35)18-8-9-22(19(12-18)13-29)37-15-17-5-3-6-20(28)11-17/h2-3,5-6,8-9,11-12,21,31H,1,4,7,10,14-16,30H2/t21-/m1/s1. The van der Waals surface area contributed by atoms with Crippen molar-refractivity contribution in [3.8, 4) is 23.1 Å². The van der Waals surface area contributed by atoms with Gasteiger partial charge in [-0.15, -0.1) is 0 Å². The maximum absolute atomic E-state index is 13.5. The summed E-state index contributed by atoms with van der Waals surface area (Å²) in [5.74, 6) is 0.378. The van der Waals surface area contributed by atoms with E-state index in [0.29, 0.717) is 64.4 Å². The number of fused-ring (bicyclic) bond motifs is 1. The zero-order valence-electron chi connectivity index (χ0n) is 20.2. The third kappa shape index (κ3) is 4.76. The second-order valence-corrected chi connectivity index (χ2v) is 8.92. The van der Waals surface area contributed by atoms with Crippen molar-refractivity contribution in [3.63, 3.8) is 0 Å². The number of halogens is 1. The first-order chi connectivity index (χ1) is 18.0. The van der Waals surface area contributed by atoms with Crippen LogP contribution in [0, 0.1) is 17.1 Å². The highest BCUT2D eigenvalue weighted by atomic mass is 19.1. The summed E-state index contributed by atoms with van der Waals surface area (Å²) < 4.78 is 21.2. The number of rotatable bonds is 6. The number of hydrogen-bond donors (Lipinski definition) is 2. The van der Waals surface area contributed by atoms with E-state index in [1.54, 1.807) is 29.2 Å². The molecular formula is C27H26FN7O2. The molecule has 2 aliphatic heterocycles. The molecule has 0 aliphatic carbocycles. The quantitative estimate of drug-likeness (QED) is 0.498. The van der Waals surface area contributed by atoms with Crippen molar-refractivity contribution in [3.05, 3.63) is 82.8 Å². The Balaban J connectivity index is 1.50. The molecule has 1 aromatic heterocycles. The number of benzene rings is 2. The molecular weight excluding hydrogens is 473 g/mol. The number of nitrogens with zero attached hydrogens (tertiary/aromatic N) is 5. The van der Waals surface area contributed by atoms with Gasteiger partial charge < -0.3 is 20.7 Å². The number of hydrogen-bond acceptors (Lipinski definition) is 7. The summed E-state index contributed by atoms with van der Waals surface area (Å²) in [7, 11) is 0. The van der Waals surface area contributed by atoms with Gasteiger partial charge in [-0.25, -0.2) is 14.1 Å². The highest BCUT2D eigenvalue weighted by Crippen LogP contribution is 2.26. The summed E-state index contributed by atoms with van der Waals surface area (Å²) in [4.78, 5) is 18.6. The van der Waals surface area contributed by atoms with Gasteiger partial charge in [0, 0.05) is 18.7 Å². The van der Waals surface area contributed by atoms with E-state index < -0.39 is 0 Å². The molecule has 2 aliphatic rings. The number of piperidine rings is 1. The fourth-order valence-electron chi connectivity index (χ4n) is 4.73. The van der Waals surface area contributed by atoms with Gasteiger partial charge in [-0.3, -0.25) is 4.79 Å². The lowest BCUT2D eigenvalue weighted by Gasteiger charge is -2.32. The zero-order valence-corrected chi connectivity index (χ0v) is 20.2. The Hall–Kier alpha value is -4.65. The van der Waals surface area contributed by atoms with Crippen LogP contribution in [0.25, 0.3) is 17.1 Å². The molecule has 188 valence electrons. The van der Waals surface area contributed by atoms with E-state index in [1.807, 2.05) is 10.7 Å². The van der Waals surface area contributed by atoms with E-state index in [4.69, 9.17) is 15.6 Å². The Kier molecular flexibility index (Phi) is 6.60. The van der Waals surface area contributed by atoms with Crippen LogP contribution in [0.1, 0.15) is 30.0 Å². The molecule has 0 spiro atoms. The summed E-state index contributed by atoms with van der Waals surface area (Å²) >= 11 is 0. The highest BCUT2D eigenvalue weighted by molar-refractivity contribution is 5.87. The van der Waals surface area contributed by atoms with Crippen molar-refractivity contribution >= 4 is 11.7 Å². The SMILES string of the molecule is C=CC(=O)N1CCC[C@@H](n2nc(-c3ccc(OCc4cccc(F)c4)c(C#N)c3)c3c2=NCNC=3N)C1. The molecule has 3 N–H and O–H groups in total. The van der Waals surface area contributed by atoms with E-state index in [0.717, 1.165) is 12.8 Å². The molecule has 3 aromatic rings. The van der Waals surface area contributed by atoms with Crippen LogP contribution in [0.15, 0.2) is 60.1 Å². The molecule has 3 heterocycles. The monoisotopic (exact) mass is 499 g/mol. The minimum Gasteiger partial charge on any atom is -0.488 e. The van der Waals surface area contributed by atoms with Gasteiger partial charge in [-0.2, -0.15) is 10.4 Å². The molecule has 10 heteroatoms. The minimum atomic E-state index is -0.347. The predicted molar refractivity (Wildman–Crippen MR) is 135 cm³/mol. The van der Waals surface area contributed by atoms with Gasteiger partial charge in [0.15, 0.2) is 5.49 Å². The Morgan fingerprint density at radius 3 is 3.00 bits per heavy atom. The zero-order chi connectivity index (χ0) is 25.9. The predicted octanol–water partition coefficient (Wildman–Crippen LogP) is 1.69. The van der Waals surface area contributed by atoms with Gasteiger partial charge >= 0.3 is 0 Å². The van der Waals surface area contributed by atoms with Gasteiger partial charge in [-0.05, 0) is 54.8 Å². The van der Waals surface area contributed by atoms with E-state index >= 15 is 0 Å². The smallest absolute Gasteiger partial charge is 0.246 e. The minimum absolute atomic E-state index is 0.0703. The summed E-state index contributed by atoms with van der Waals surface area (Å²) in [5.41, 5.74) is 9.24. The lowest BCUT2D eigenvalue weighted by molar-refractivity contribution is -0.127. The highest BCUT2D eigenvalue weighted by Gasteiger charge is 2.27. The number of amides is 1. The summed E-state index contributed by atoms with van der Waals surface area (Å²) in [6, 6.07) is 13.4. The summed E-state index contributed by atoms with van der Waals surface area (Å²) in [6.07, 6.45) is 3.00. The molecule has 37 heavy (non-hydrogen) atoms. The average Bonchev–Trinajstić information content (AvgIpc) is 3.32. The van der Waals surface area contributed by atoms with E-state index in [1.165, 1.54) is 18.2 Å². The number of carbonyl (C=O) groups is 1. The fraction of sp³-hybridized carbons (Fsp3) is 0.259. The van der Waals surface area contributed by atoms with Crippen molar-refractivity contribution < 1.29 is 13.9 Å². The average molecular weight is 500 g/mol. The Bertz CT molecular complexity index is 1540. The van der Waals surface area contributed by atoms with Gasteiger partial charge in [0.25, 0.3) is 0 Å². The van der Waals surface area contributed by atoms with E-state index in [-0.39, 0.29) is 24.4 Å². The van der Waals surface area contributed by atoms with Crippen molar-refractivity contribution in [2.24, 2.45) is 10.7 Å². The van der Waals surface area contributed by atoms with Crippen LogP contribution in [0.2, 0.25) is 0 Å². The maximum Gasteiger partial charge on any atom is 0.246 e. The number of nitrogens with two attached hydrogens (primary N) is 1. The molecule has 1 saturated heterocycles. The largest absolute Gasteiger partial charge is 0.488 e. The number of likely N-dealkylation sites (tertiary alicyclic amines) is 1. The maximum atomic E-state index is 13.5. The number of nitriles is 1. The normalized spacial score (nSPS) is 16.7. The van der Waals surface area contributed by atoms with Crippen LogP contribution in [-0.2, 0) is 11.4 Å². The fourth-order valence-corrected chi connectivity index (χ4v) is 4.73. The molecule has 0 unspecified atom stereocenters. The molecule has 1 fully saturated rings. The van der Waals surface area contributed by atoms with Crippen LogP contribution in [0.3, 0.4) is 0 Å². The van der Waals surface area contributed by atoms with Gasteiger partial charge in [0.2, 0.25) is 5.91 Å². The van der Waals surface area contributed by atoms with Crippen molar-refractivity contribution in [2.75, 3.05) is 19.8 Å². The number of carbonyl (C=O) groups excluding carboxylic acids is 1. The lowest BCUT2D eigenvalue weighted by Crippen LogP contribution is -2.47. The van der Waals surface area contributed by atoms with Crippen LogP contribution in [0.4, 0.5) is 4.39 Å². The third-order valence-electron chi connectivity index (χ3n) is 6.54. The topological polar surface area (TPSA) is 122 Å². The first kappa shape index (κ1) is 24.1. The van der Waals surface area contributed by atoms with Crippen LogP contribution < -0.4 is 26.5 Å². The Labute approximate surface area is 213 Å². The molecule has 0 saturated carbocycles. The molecule has 0 bridgehead atoms. The number of ether oxygens (including phenoxy) is 1. The molecule has 1 atom stereocenters. The second-order valence-electron chi connectivity index (χ2n) is 8.92. The Morgan fingerprint density at radius 1 is 1.35 bits per heavy atom.